The summed E-state index contributed by atoms with van der Waals surface area (Å²) in [4.78, 5) is 11.7. The first-order valence-electron chi connectivity index (χ1n) is 6.04. The summed E-state index contributed by atoms with van der Waals surface area (Å²) in [7, 11) is -1.39. The van der Waals surface area contributed by atoms with E-state index >= 15 is 0 Å². The molecule has 0 unspecified atom stereocenters. The molecule has 0 spiro atoms. The number of hydrogen-bond acceptors (Lipinski definition) is 5. The zero-order valence-electron chi connectivity index (χ0n) is 10.7. The van der Waals surface area contributed by atoms with Crippen molar-refractivity contribution in [2.75, 3.05) is 18.6 Å². The molecule has 1 saturated heterocycles. The average Bonchev–Trinajstić information content (AvgIpc) is 2.69. The smallest absolute Gasteiger partial charge is 0.311 e. The van der Waals surface area contributed by atoms with E-state index in [0.29, 0.717) is 17.9 Å². The van der Waals surface area contributed by atoms with Crippen molar-refractivity contribution in [3.8, 4) is 11.5 Å². The molecule has 1 aliphatic rings. The van der Waals surface area contributed by atoms with Gasteiger partial charge in [0.05, 0.1) is 18.6 Å². The number of carbonyl (C=O) groups is 1. The summed E-state index contributed by atoms with van der Waals surface area (Å²) < 4.78 is 32.7. The summed E-state index contributed by atoms with van der Waals surface area (Å²) in [5, 5.41) is 0. The first-order valence-corrected chi connectivity index (χ1v) is 7.86. The van der Waals surface area contributed by atoms with Crippen molar-refractivity contribution in [1.29, 1.82) is 0 Å². The average molecular weight is 284 g/mol. The van der Waals surface area contributed by atoms with Gasteiger partial charge in [-0.3, -0.25) is 4.79 Å². The van der Waals surface area contributed by atoms with Gasteiger partial charge in [0.25, 0.3) is 0 Å². The predicted octanol–water partition coefficient (Wildman–Crippen LogP) is 1.43. The molecule has 1 aromatic carbocycles. The lowest BCUT2D eigenvalue weighted by Gasteiger charge is -2.08. The molecule has 104 valence electrons. The van der Waals surface area contributed by atoms with Crippen molar-refractivity contribution in [3.63, 3.8) is 0 Å². The molecule has 0 amide bonds. The van der Waals surface area contributed by atoms with Crippen LogP contribution in [0.5, 0.6) is 11.5 Å². The van der Waals surface area contributed by atoms with Gasteiger partial charge >= 0.3 is 5.97 Å². The SMILES string of the molecule is COc1ccc(OC(=O)C[C@H]2CCS(=O)(=O)C2)cc1. The molecule has 0 aliphatic carbocycles. The number of benzene rings is 1. The Labute approximate surface area is 112 Å². The van der Waals surface area contributed by atoms with E-state index in [-0.39, 0.29) is 23.8 Å². The molecule has 19 heavy (non-hydrogen) atoms. The summed E-state index contributed by atoms with van der Waals surface area (Å²) in [6.07, 6.45) is 0.686. The Kier molecular flexibility index (Phi) is 4.09. The standard InChI is InChI=1S/C13H16O5S/c1-17-11-2-4-12(5-3-11)18-13(14)8-10-6-7-19(15,16)9-10/h2-5,10H,6-9H2,1H3/t10-/m1/s1. The Morgan fingerprint density at radius 3 is 2.42 bits per heavy atom. The lowest BCUT2D eigenvalue weighted by Crippen LogP contribution is -2.15. The van der Waals surface area contributed by atoms with Gasteiger partial charge in [0.2, 0.25) is 0 Å². The van der Waals surface area contributed by atoms with Gasteiger partial charge in [0.15, 0.2) is 9.84 Å². The number of rotatable bonds is 4. The minimum Gasteiger partial charge on any atom is -0.497 e. The lowest BCUT2D eigenvalue weighted by molar-refractivity contribution is -0.135. The molecular weight excluding hydrogens is 268 g/mol. The molecule has 6 heteroatoms. The maximum atomic E-state index is 11.7. The molecule has 0 bridgehead atoms. The molecule has 5 nitrogen and oxygen atoms in total. The van der Waals surface area contributed by atoms with Crippen molar-refractivity contribution in [2.45, 2.75) is 12.8 Å². The molecule has 0 radical (unpaired) electrons. The Hall–Kier alpha value is -1.56. The second-order valence-corrected chi connectivity index (χ2v) is 6.85. The van der Waals surface area contributed by atoms with Crippen molar-refractivity contribution < 1.29 is 22.7 Å². The maximum absolute atomic E-state index is 11.7. The molecule has 1 heterocycles. The quantitative estimate of drug-likeness (QED) is 0.618. The van der Waals surface area contributed by atoms with Crippen LogP contribution < -0.4 is 9.47 Å². The van der Waals surface area contributed by atoms with Crippen molar-refractivity contribution in [2.24, 2.45) is 5.92 Å². The van der Waals surface area contributed by atoms with Crippen LogP contribution >= 0.6 is 0 Å². The highest BCUT2D eigenvalue weighted by Gasteiger charge is 2.29. The summed E-state index contributed by atoms with van der Waals surface area (Å²) in [5.41, 5.74) is 0. The molecule has 1 fully saturated rings. The Bertz CT molecular complexity index is 547. The van der Waals surface area contributed by atoms with E-state index in [0.717, 1.165) is 0 Å². The second-order valence-electron chi connectivity index (χ2n) is 4.62. The fourth-order valence-electron chi connectivity index (χ4n) is 2.09. The van der Waals surface area contributed by atoms with Crippen LogP contribution in [0.3, 0.4) is 0 Å². The van der Waals surface area contributed by atoms with Gasteiger partial charge in [-0.15, -0.1) is 0 Å². The van der Waals surface area contributed by atoms with E-state index in [1.54, 1.807) is 31.4 Å². The van der Waals surface area contributed by atoms with Crippen LogP contribution in [0.1, 0.15) is 12.8 Å². The van der Waals surface area contributed by atoms with E-state index in [9.17, 15) is 13.2 Å². The summed E-state index contributed by atoms with van der Waals surface area (Å²) in [6.45, 7) is 0. The lowest BCUT2D eigenvalue weighted by atomic mass is 10.1. The molecule has 2 rings (SSSR count). The zero-order chi connectivity index (χ0) is 13.9. The van der Waals surface area contributed by atoms with E-state index in [1.807, 2.05) is 0 Å². The first-order chi connectivity index (χ1) is 8.98. The second kappa shape index (κ2) is 5.61. The van der Waals surface area contributed by atoms with Gasteiger partial charge in [0.1, 0.15) is 11.5 Å². The fourth-order valence-corrected chi connectivity index (χ4v) is 3.95. The minimum atomic E-state index is -2.95. The minimum absolute atomic E-state index is 0.0880. The van der Waals surface area contributed by atoms with Crippen LogP contribution in [0.15, 0.2) is 24.3 Å². The third-order valence-electron chi connectivity index (χ3n) is 3.07. The maximum Gasteiger partial charge on any atom is 0.311 e. The largest absolute Gasteiger partial charge is 0.497 e. The van der Waals surface area contributed by atoms with Gasteiger partial charge in [-0.25, -0.2) is 8.42 Å². The van der Waals surface area contributed by atoms with Crippen molar-refractivity contribution in [1.82, 2.24) is 0 Å². The number of ether oxygens (including phenoxy) is 2. The molecular formula is C13H16O5S. The van der Waals surface area contributed by atoms with Gasteiger partial charge in [-0.2, -0.15) is 0 Å². The topological polar surface area (TPSA) is 69.7 Å². The van der Waals surface area contributed by atoms with Gasteiger partial charge in [0, 0.05) is 6.42 Å². The third-order valence-corrected chi connectivity index (χ3v) is 4.91. The molecule has 0 saturated carbocycles. The highest BCUT2D eigenvalue weighted by atomic mass is 32.2. The van der Waals surface area contributed by atoms with Crippen LogP contribution in [0, 0.1) is 5.92 Å². The first kappa shape index (κ1) is 13.9. The monoisotopic (exact) mass is 284 g/mol. The van der Waals surface area contributed by atoms with Crippen LogP contribution in [-0.4, -0.2) is 33.0 Å². The number of esters is 1. The summed E-state index contributed by atoms with van der Waals surface area (Å²) in [5.74, 6) is 0.870. The highest BCUT2D eigenvalue weighted by molar-refractivity contribution is 7.91. The van der Waals surface area contributed by atoms with Gasteiger partial charge in [-0.1, -0.05) is 0 Å². The van der Waals surface area contributed by atoms with Crippen LogP contribution in [0.25, 0.3) is 0 Å². The van der Waals surface area contributed by atoms with E-state index in [2.05, 4.69) is 0 Å². The normalized spacial score (nSPS) is 21.0. The Morgan fingerprint density at radius 2 is 1.89 bits per heavy atom. The number of hydrogen-bond donors (Lipinski definition) is 0. The van der Waals surface area contributed by atoms with E-state index in [1.165, 1.54) is 0 Å². The Morgan fingerprint density at radius 1 is 1.26 bits per heavy atom. The molecule has 1 atom stereocenters. The van der Waals surface area contributed by atoms with E-state index in [4.69, 9.17) is 9.47 Å². The van der Waals surface area contributed by atoms with Gasteiger partial charge < -0.3 is 9.47 Å². The molecule has 1 aliphatic heterocycles. The number of carbonyl (C=O) groups excluding carboxylic acids is 1. The Balaban J connectivity index is 1.87. The highest BCUT2D eigenvalue weighted by Crippen LogP contribution is 2.23. The van der Waals surface area contributed by atoms with Crippen molar-refractivity contribution >= 4 is 15.8 Å². The van der Waals surface area contributed by atoms with Crippen LogP contribution in [0.4, 0.5) is 0 Å². The van der Waals surface area contributed by atoms with Crippen LogP contribution in [0.2, 0.25) is 0 Å². The molecule has 0 aromatic heterocycles. The fraction of sp³-hybridized carbons (Fsp3) is 0.462. The molecule has 1 aromatic rings. The van der Waals surface area contributed by atoms with Crippen molar-refractivity contribution in [3.05, 3.63) is 24.3 Å². The third kappa shape index (κ3) is 3.96. The molecule has 0 N–H and O–H groups in total. The van der Waals surface area contributed by atoms with Crippen LogP contribution in [-0.2, 0) is 14.6 Å². The van der Waals surface area contributed by atoms with Gasteiger partial charge in [-0.05, 0) is 36.6 Å². The number of methoxy groups -OCH3 is 1. The summed E-state index contributed by atoms with van der Waals surface area (Å²) >= 11 is 0. The summed E-state index contributed by atoms with van der Waals surface area (Å²) in [6, 6.07) is 6.68. The number of sulfone groups is 1. The predicted molar refractivity (Wildman–Crippen MR) is 70.0 cm³/mol. The zero-order valence-corrected chi connectivity index (χ0v) is 11.5. The van der Waals surface area contributed by atoms with E-state index < -0.39 is 15.8 Å².